The summed E-state index contributed by atoms with van der Waals surface area (Å²) in [6, 6.07) is 6.08. The Morgan fingerprint density at radius 3 is 2.72 bits per heavy atom. The SMILES string of the molecule is Clc1cccc(-c2nnc(CBr)n2C2CC2)c1Cl. The molecule has 1 aliphatic carbocycles. The largest absolute Gasteiger partial charge is 0.307 e. The monoisotopic (exact) mass is 345 g/mol. The molecule has 0 aliphatic heterocycles. The van der Waals surface area contributed by atoms with Gasteiger partial charge in [0.25, 0.3) is 0 Å². The molecule has 1 heterocycles. The third kappa shape index (κ3) is 2.06. The molecule has 1 saturated carbocycles. The Hall–Kier alpha value is -0.580. The van der Waals surface area contributed by atoms with Crippen molar-refractivity contribution in [3.8, 4) is 11.4 Å². The minimum Gasteiger partial charge on any atom is -0.307 e. The van der Waals surface area contributed by atoms with E-state index < -0.39 is 0 Å². The van der Waals surface area contributed by atoms with Crippen molar-refractivity contribution in [1.29, 1.82) is 0 Å². The van der Waals surface area contributed by atoms with Crippen LogP contribution in [0.1, 0.15) is 24.7 Å². The van der Waals surface area contributed by atoms with Crippen molar-refractivity contribution >= 4 is 39.1 Å². The van der Waals surface area contributed by atoms with Crippen LogP contribution in [0.5, 0.6) is 0 Å². The second kappa shape index (κ2) is 4.83. The summed E-state index contributed by atoms with van der Waals surface area (Å²) in [7, 11) is 0. The van der Waals surface area contributed by atoms with Gasteiger partial charge in [0.1, 0.15) is 5.82 Å². The number of hydrogen-bond donors (Lipinski definition) is 0. The van der Waals surface area contributed by atoms with Gasteiger partial charge < -0.3 is 4.57 Å². The molecular weight excluding hydrogens is 337 g/mol. The predicted octanol–water partition coefficient (Wildman–Crippen LogP) is 4.48. The summed E-state index contributed by atoms with van der Waals surface area (Å²) in [5, 5.41) is 10.2. The Bertz CT molecular complexity index is 593. The lowest BCUT2D eigenvalue weighted by atomic mass is 10.2. The standard InChI is InChI=1S/C12H10BrCl2N3/c13-6-10-16-17-12(18(10)7-4-5-7)8-2-1-3-9(14)11(8)15/h1-3,7H,4-6H2. The molecule has 0 amide bonds. The lowest BCUT2D eigenvalue weighted by molar-refractivity contribution is 0.714. The molecule has 94 valence electrons. The quantitative estimate of drug-likeness (QED) is 0.767. The van der Waals surface area contributed by atoms with Crippen LogP contribution in [0.4, 0.5) is 0 Å². The van der Waals surface area contributed by atoms with Crippen molar-refractivity contribution < 1.29 is 0 Å². The van der Waals surface area contributed by atoms with Gasteiger partial charge in [0.05, 0.1) is 15.4 Å². The zero-order valence-electron chi connectivity index (χ0n) is 9.41. The minimum absolute atomic E-state index is 0.498. The van der Waals surface area contributed by atoms with Crippen LogP contribution in [-0.4, -0.2) is 14.8 Å². The van der Waals surface area contributed by atoms with E-state index in [-0.39, 0.29) is 0 Å². The molecule has 0 unspecified atom stereocenters. The topological polar surface area (TPSA) is 30.7 Å². The third-order valence-electron chi connectivity index (χ3n) is 2.99. The second-order valence-corrected chi connectivity index (χ2v) is 5.62. The van der Waals surface area contributed by atoms with Crippen molar-refractivity contribution in [1.82, 2.24) is 14.8 Å². The Morgan fingerprint density at radius 1 is 1.28 bits per heavy atom. The first-order valence-electron chi connectivity index (χ1n) is 5.66. The maximum atomic E-state index is 6.25. The highest BCUT2D eigenvalue weighted by Gasteiger charge is 2.30. The van der Waals surface area contributed by atoms with E-state index in [1.807, 2.05) is 12.1 Å². The maximum absolute atomic E-state index is 6.25. The van der Waals surface area contributed by atoms with Gasteiger partial charge in [-0.05, 0) is 25.0 Å². The fraction of sp³-hybridized carbons (Fsp3) is 0.333. The Labute approximate surface area is 123 Å². The van der Waals surface area contributed by atoms with Gasteiger partial charge in [-0.1, -0.05) is 45.2 Å². The molecule has 18 heavy (non-hydrogen) atoms. The van der Waals surface area contributed by atoms with Crippen LogP contribution in [0, 0.1) is 0 Å². The molecule has 0 saturated heterocycles. The molecule has 1 aromatic carbocycles. The lowest BCUT2D eigenvalue weighted by Gasteiger charge is -2.09. The van der Waals surface area contributed by atoms with Crippen LogP contribution in [0.3, 0.4) is 0 Å². The van der Waals surface area contributed by atoms with Gasteiger partial charge in [-0.25, -0.2) is 0 Å². The van der Waals surface area contributed by atoms with Crippen LogP contribution in [0.2, 0.25) is 10.0 Å². The highest BCUT2D eigenvalue weighted by Crippen LogP contribution is 2.41. The number of rotatable bonds is 3. The van der Waals surface area contributed by atoms with Crippen molar-refractivity contribution in [3.05, 3.63) is 34.1 Å². The fourth-order valence-electron chi connectivity index (χ4n) is 1.99. The van der Waals surface area contributed by atoms with E-state index >= 15 is 0 Å². The molecule has 1 aromatic heterocycles. The highest BCUT2D eigenvalue weighted by molar-refractivity contribution is 9.08. The number of alkyl halides is 1. The van der Waals surface area contributed by atoms with E-state index in [4.69, 9.17) is 23.2 Å². The van der Waals surface area contributed by atoms with Crippen LogP contribution >= 0.6 is 39.1 Å². The molecule has 6 heteroatoms. The summed E-state index contributed by atoms with van der Waals surface area (Å²) in [5.41, 5.74) is 0.843. The fourth-order valence-corrected chi connectivity index (χ4v) is 2.76. The number of aromatic nitrogens is 3. The second-order valence-electron chi connectivity index (χ2n) is 4.28. The van der Waals surface area contributed by atoms with Gasteiger partial charge in [0.2, 0.25) is 0 Å². The smallest absolute Gasteiger partial charge is 0.165 e. The Kier molecular flexibility index (Phi) is 3.34. The normalized spacial score (nSPS) is 15.1. The van der Waals surface area contributed by atoms with Gasteiger partial charge in [-0.2, -0.15) is 0 Å². The predicted molar refractivity (Wildman–Crippen MR) is 76.4 cm³/mol. The number of benzene rings is 1. The Morgan fingerprint density at radius 2 is 2.06 bits per heavy atom. The molecule has 2 aromatic rings. The van der Waals surface area contributed by atoms with Gasteiger partial charge >= 0.3 is 0 Å². The molecule has 1 fully saturated rings. The number of nitrogens with zero attached hydrogens (tertiary/aromatic N) is 3. The van der Waals surface area contributed by atoms with Gasteiger partial charge in [0.15, 0.2) is 5.82 Å². The molecule has 0 radical (unpaired) electrons. The minimum atomic E-state index is 0.498. The van der Waals surface area contributed by atoms with Crippen LogP contribution < -0.4 is 0 Å². The van der Waals surface area contributed by atoms with Gasteiger partial charge in [-0.3, -0.25) is 0 Å². The molecule has 0 bridgehead atoms. The molecule has 0 atom stereocenters. The molecular formula is C12H10BrCl2N3. The summed E-state index contributed by atoms with van der Waals surface area (Å²) in [6.45, 7) is 0. The summed E-state index contributed by atoms with van der Waals surface area (Å²) < 4.78 is 2.16. The molecule has 1 aliphatic rings. The summed E-state index contributed by atoms with van der Waals surface area (Å²) in [5.74, 6) is 1.74. The van der Waals surface area contributed by atoms with Gasteiger partial charge in [-0.15, -0.1) is 10.2 Å². The maximum Gasteiger partial charge on any atom is 0.165 e. The Balaban J connectivity index is 2.17. The van der Waals surface area contributed by atoms with Crippen molar-refractivity contribution in [2.75, 3.05) is 0 Å². The van der Waals surface area contributed by atoms with Gasteiger partial charge in [0, 0.05) is 11.6 Å². The van der Waals surface area contributed by atoms with E-state index in [9.17, 15) is 0 Å². The molecule has 3 rings (SSSR count). The van der Waals surface area contributed by atoms with Crippen molar-refractivity contribution in [3.63, 3.8) is 0 Å². The van der Waals surface area contributed by atoms with E-state index in [1.54, 1.807) is 6.07 Å². The average Bonchev–Trinajstić information content (AvgIpc) is 3.12. The zero-order valence-corrected chi connectivity index (χ0v) is 12.5. The first kappa shape index (κ1) is 12.5. The van der Waals surface area contributed by atoms with Crippen molar-refractivity contribution in [2.24, 2.45) is 0 Å². The average molecular weight is 347 g/mol. The molecule has 0 spiro atoms. The van der Waals surface area contributed by atoms with Crippen LogP contribution in [0.15, 0.2) is 18.2 Å². The summed E-state index contributed by atoms with van der Waals surface area (Å²) in [6.07, 6.45) is 2.34. The summed E-state index contributed by atoms with van der Waals surface area (Å²) >= 11 is 15.7. The van der Waals surface area contributed by atoms with E-state index in [0.29, 0.717) is 21.4 Å². The highest BCUT2D eigenvalue weighted by atomic mass is 79.9. The van der Waals surface area contributed by atoms with Crippen LogP contribution in [-0.2, 0) is 5.33 Å². The van der Waals surface area contributed by atoms with E-state index in [1.165, 1.54) is 12.8 Å². The van der Waals surface area contributed by atoms with E-state index in [0.717, 1.165) is 17.2 Å². The number of hydrogen-bond acceptors (Lipinski definition) is 2. The van der Waals surface area contributed by atoms with E-state index in [2.05, 4.69) is 30.7 Å². The first-order valence-corrected chi connectivity index (χ1v) is 7.54. The third-order valence-corrected chi connectivity index (χ3v) is 4.31. The zero-order chi connectivity index (χ0) is 12.7. The molecule has 0 N–H and O–H groups in total. The van der Waals surface area contributed by atoms with Crippen molar-refractivity contribution in [2.45, 2.75) is 24.2 Å². The molecule has 3 nitrogen and oxygen atoms in total. The number of halogens is 3. The lowest BCUT2D eigenvalue weighted by Crippen LogP contribution is -2.02. The summed E-state index contributed by atoms with van der Waals surface area (Å²) in [4.78, 5) is 0. The first-order chi connectivity index (χ1) is 8.72. The van der Waals surface area contributed by atoms with Crippen LogP contribution in [0.25, 0.3) is 11.4 Å².